The van der Waals surface area contributed by atoms with Gasteiger partial charge >= 0.3 is 6.18 Å². The fraction of sp³-hybridized carbons (Fsp3) is 0.500. The van der Waals surface area contributed by atoms with Crippen LogP contribution in [0, 0.1) is 0 Å². The normalized spacial score (nSPS) is 16.1. The fourth-order valence-electron chi connectivity index (χ4n) is 3.42. The summed E-state index contributed by atoms with van der Waals surface area (Å²) >= 11 is 0. The molecule has 9 heteroatoms. The molecule has 1 N–H and O–H groups in total. The molecule has 29 heavy (non-hydrogen) atoms. The Morgan fingerprint density at radius 3 is 2.34 bits per heavy atom. The van der Waals surface area contributed by atoms with Gasteiger partial charge in [0.25, 0.3) is 0 Å². The largest absolute Gasteiger partial charge is 0.416 e. The lowest BCUT2D eigenvalue weighted by atomic mass is 10.2. The van der Waals surface area contributed by atoms with Crippen LogP contribution in [-0.4, -0.2) is 64.5 Å². The third-order valence-electron chi connectivity index (χ3n) is 5.10. The van der Waals surface area contributed by atoms with Crippen molar-refractivity contribution < 1.29 is 18.0 Å². The number of alkyl halides is 3. The summed E-state index contributed by atoms with van der Waals surface area (Å²) in [6, 6.07) is 4.50. The van der Waals surface area contributed by atoms with Crippen molar-refractivity contribution >= 4 is 11.6 Å². The van der Waals surface area contributed by atoms with E-state index in [0.717, 1.165) is 63.6 Å². The molecule has 1 aromatic heterocycles. The number of hydrogen-bond acceptors (Lipinski definition) is 4. The van der Waals surface area contributed by atoms with Crippen LogP contribution >= 0.6 is 0 Å². The van der Waals surface area contributed by atoms with Crippen molar-refractivity contribution in [3.05, 3.63) is 48.0 Å². The molecular formula is C20H26F3N5O. The molecule has 0 saturated carbocycles. The highest BCUT2D eigenvalue weighted by atomic mass is 19.4. The van der Waals surface area contributed by atoms with Gasteiger partial charge in [0, 0.05) is 63.8 Å². The molecule has 1 amide bonds. The highest BCUT2D eigenvalue weighted by Gasteiger charge is 2.30. The Morgan fingerprint density at radius 1 is 1.07 bits per heavy atom. The molecule has 2 heterocycles. The topological polar surface area (TPSA) is 53.4 Å². The smallest absolute Gasteiger partial charge is 0.334 e. The summed E-state index contributed by atoms with van der Waals surface area (Å²) in [7, 11) is 0. The molecule has 6 nitrogen and oxygen atoms in total. The predicted molar refractivity (Wildman–Crippen MR) is 105 cm³/mol. The lowest BCUT2D eigenvalue weighted by Crippen LogP contribution is -2.49. The Bertz CT molecular complexity index is 795. The zero-order chi connectivity index (χ0) is 20.9. The first-order valence-corrected chi connectivity index (χ1v) is 9.77. The zero-order valence-corrected chi connectivity index (χ0v) is 16.5. The second-order valence-corrected chi connectivity index (χ2v) is 7.13. The van der Waals surface area contributed by atoms with Gasteiger partial charge in [0.2, 0.25) is 5.91 Å². The molecule has 1 aliphatic heterocycles. The van der Waals surface area contributed by atoms with E-state index in [1.807, 2.05) is 12.4 Å². The average Bonchev–Trinajstić information content (AvgIpc) is 3.15. The SMILES string of the molecule is CCc1nccn1CCN1CCN(CC(=O)Nc2ccc(C(F)(F)F)cc2)CC1. The first-order valence-electron chi connectivity index (χ1n) is 9.77. The van der Waals surface area contributed by atoms with Crippen molar-refractivity contribution in [1.29, 1.82) is 0 Å². The molecule has 3 rings (SSSR count). The molecule has 1 aliphatic rings. The third-order valence-corrected chi connectivity index (χ3v) is 5.10. The number of aryl methyl sites for hydroxylation is 1. The number of hydrogen-bond donors (Lipinski definition) is 1. The Kier molecular flexibility index (Phi) is 6.92. The van der Waals surface area contributed by atoms with Crippen LogP contribution in [-0.2, 0) is 23.9 Å². The summed E-state index contributed by atoms with van der Waals surface area (Å²) in [6.45, 7) is 7.49. The molecule has 2 aromatic rings. The summed E-state index contributed by atoms with van der Waals surface area (Å²) in [6.07, 6.45) is 0.361. The number of amides is 1. The molecular weight excluding hydrogens is 383 g/mol. The molecule has 0 bridgehead atoms. The summed E-state index contributed by atoms with van der Waals surface area (Å²) in [5.41, 5.74) is -0.359. The van der Waals surface area contributed by atoms with Crippen LogP contribution < -0.4 is 5.32 Å². The van der Waals surface area contributed by atoms with E-state index in [-0.39, 0.29) is 12.5 Å². The first-order chi connectivity index (χ1) is 13.8. The maximum atomic E-state index is 12.6. The van der Waals surface area contributed by atoms with E-state index in [2.05, 4.69) is 31.6 Å². The Morgan fingerprint density at radius 2 is 1.72 bits per heavy atom. The van der Waals surface area contributed by atoms with Gasteiger partial charge in [-0.3, -0.25) is 14.6 Å². The van der Waals surface area contributed by atoms with Crippen LogP contribution in [0.3, 0.4) is 0 Å². The highest BCUT2D eigenvalue weighted by molar-refractivity contribution is 5.92. The Balaban J connectivity index is 1.39. The number of rotatable bonds is 7. The minimum absolute atomic E-state index is 0.218. The van der Waals surface area contributed by atoms with Gasteiger partial charge in [0.15, 0.2) is 0 Å². The van der Waals surface area contributed by atoms with Crippen LogP contribution in [0.2, 0.25) is 0 Å². The Hall–Kier alpha value is -2.39. The summed E-state index contributed by atoms with van der Waals surface area (Å²) < 4.78 is 39.9. The number of carbonyl (C=O) groups is 1. The molecule has 0 atom stereocenters. The third kappa shape index (κ3) is 6.04. The molecule has 0 unspecified atom stereocenters. The van der Waals surface area contributed by atoms with E-state index in [0.29, 0.717) is 5.69 Å². The molecule has 1 aromatic carbocycles. The second-order valence-electron chi connectivity index (χ2n) is 7.13. The van der Waals surface area contributed by atoms with Gasteiger partial charge in [0.05, 0.1) is 12.1 Å². The van der Waals surface area contributed by atoms with E-state index in [1.54, 1.807) is 0 Å². The minimum Gasteiger partial charge on any atom is -0.334 e. The van der Waals surface area contributed by atoms with E-state index < -0.39 is 11.7 Å². The minimum atomic E-state index is -4.38. The van der Waals surface area contributed by atoms with Gasteiger partial charge in [-0.15, -0.1) is 0 Å². The van der Waals surface area contributed by atoms with Crippen LogP contribution in [0.15, 0.2) is 36.7 Å². The van der Waals surface area contributed by atoms with Crippen molar-refractivity contribution in [3.63, 3.8) is 0 Å². The van der Waals surface area contributed by atoms with Crippen LogP contribution in [0.4, 0.5) is 18.9 Å². The number of carbonyl (C=O) groups excluding carboxylic acids is 1. The maximum absolute atomic E-state index is 12.6. The fourth-order valence-corrected chi connectivity index (χ4v) is 3.42. The van der Waals surface area contributed by atoms with Crippen molar-refractivity contribution in [1.82, 2.24) is 19.4 Å². The van der Waals surface area contributed by atoms with Crippen LogP contribution in [0.5, 0.6) is 0 Å². The number of nitrogens with one attached hydrogen (secondary N) is 1. The number of halogens is 3. The number of benzene rings is 1. The van der Waals surface area contributed by atoms with E-state index in [1.165, 1.54) is 12.1 Å². The lowest BCUT2D eigenvalue weighted by Gasteiger charge is -2.34. The number of anilines is 1. The summed E-state index contributed by atoms with van der Waals surface area (Å²) in [5.74, 6) is 0.868. The highest BCUT2D eigenvalue weighted by Crippen LogP contribution is 2.29. The van der Waals surface area contributed by atoms with Gasteiger partial charge in [0.1, 0.15) is 5.82 Å². The number of imidazole rings is 1. The van der Waals surface area contributed by atoms with Crippen molar-refractivity contribution in [2.24, 2.45) is 0 Å². The average molecular weight is 409 g/mol. The van der Waals surface area contributed by atoms with E-state index in [4.69, 9.17) is 0 Å². The van der Waals surface area contributed by atoms with E-state index in [9.17, 15) is 18.0 Å². The summed E-state index contributed by atoms with van der Waals surface area (Å²) in [4.78, 5) is 21.0. The van der Waals surface area contributed by atoms with Gasteiger partial charge in [-0.25, -0.2) is 4.98 Å². The molecule has 0 spiro atoms. The van der Waals surface area contributed by atoms with E-state index >= 15 is 0 Å². The van der Waals surface area contributed by atoms with Gasteiger partial charge < -0.3 is 9.88 Å². The number of piperazine rings is 1. The molecule has 1 fully saturated rings. The second kappa shape index (κ2) is 9.41. The van der Waals surface area contributed by atoms with Gasteiger partial charge in [-0.2, -0.15) is 13.2 Å². The van der Waals surface area contributed by atoms with Crippen LogP contribution in [0.25, 0.3) is 0 Å². The zero-order valence-electron chi connectivity index (χ0n) is 16.5. The quantitative estimate of drug-likeness (QED) is 0.764. The molecule has 0 aliphatic carbocycles. The summed E-state index contributed by atoms with van der Waals surface area (Å²) in [5, 5.41) is 2.66. The predicted octanol–water partition coefficient (Wildman–Crippen LogP) is 2.72. The van der Waals surface area contributed by atoms with Gasteiger partial charge in [-0.05, 0) is 24.3 Å². The molecule has 158 valence electrons. The molecule has 0 radical (unpaired) electrons. The maximum Gasteiger partial charge on any atom is 0.416 e. The van der Waals surface area contributed by atoms with Gasteiger partial charge in [-0.1, -0.05) is 6.92 Å². The van der Waals surface area contributed by atoms with Crippen LogP contribution in [0.1, 0.15) is 18.3 Å². The molecule has 1 saturated heterocycles. The number of aromatic nitrogens is 2. The monoisotopic (exact) mass is 409 g/mol. The van der Waals surface area contributed by atoms with Crippen molar-refractivity contribution in [2.45, 2.75) is 26.1 Å². The standard InChI is InChI=1S/C20H26F3N5O/c1-2-18-24-7-8-28(18)14-13-26-9-11-27(12-10-26)15-19(29)25-17-5-3-16(4-6-17)20(21,22)23/h3-8H,2,9-15H2,1H3,(H,25,29). The van der Waals surface area contributed by atoms with Crippen molar-refractivity contribution in [2.75, 3.05) is 44.6 Å². The van der Waals surface area contributed by atoms with Crippen molar-refractivity contribution in [3.8, 4) is 0 Å². The first kappa shape index (κ1) is 21.3. The number of nitrogens with zero attached hydrogens (tertiary/aromatic N) is 4. The lowest BCUT2D eigenvalue weighted by molar-refractivity contribution is -0.137. The Labute approximate surface area is 168 Å².